The van der Waals surface area contributed by atoms with E-state index in [2.05, 4.69) is 10.1 Å². The number of nitrogens with one attached hydrogen (secondary N) is 1. The molecule has 0 aromatic heterocycles. The van der Waals surface area contributed by atoms with Crippen LogP contribution in [0.25, 0.3) is 0 Å². The third-order valence-electron chi connectivity index (χ3n) is 4.06. The molecular weight excluding hydrogens is 281 g/mol. The van der Waals surface area contributed by atoms with Gasteiger partial charge in [0.2, 0.25) is 0 Å². The number of hydrogen-bond acceptors (Lipinski definition) is 3. The maximum atomic E-state index is 13.5. The first-order valence-corrected chi connectivity index (χ1v) is 7.27. The number of alkyl halides is 2. The Balaban J connectivity index is 2.10. The number of benzene rings is 1. The molecule has 0 radical (unpaired) electrons. The molecule has 1 aromatic carbocycles. The molecule has 1 aliphatic rings. The number of nitrogens with two attached hydrogens (primary N) is 1. The molecule has 0 amide bonds. The van der Waals surface area contributed by atoms with Crippen molar-refractivity contribution in [3.63, 3.8) is 0 Å². The average Bonchev–Trinajstić information content (AvgIpc) is 2.44. The summed E-state index contributed by atoms with van der Waals surface area (Å²) in [5.74, 6) is -0.858. The van der Waals surface area contributed by atoms with Gasteiger partial charge in [0.1, 0.15) is 0 Å². The first-order chi connectivity index (χ1) is 9.97. The quantitative estimate of drug-likeness (QED) is 0.793. The molecule has 1 saturated carbocycles. The van der Waals surface area contributed by atoms with Crippen LogP contribution in [-0.2, 0) is 0 Å². The van der Waals surface area contributed by atoms with E-state index in [1.807, 2.05) is 6.92 Å². The van der Waals surface area contributed by atoms with E-state index in [0.29, 0.717) is 11.6 Å². The lowest BCUT2D eigenvalue weighted by Gasteiger charge is -2.29. The van der Waals surface area contributed by atoms with Gasteiger partial charge in [0.15, 0.2) is 11.6 Å². The smallest absolute Gasteiger partial charge is 0.387 e. The summed E-state index contributed by atoms with van der Waals surface area (Å²) in [5, 5.41) is 3.20. The third kappa shape index (κ3) is 4.19. The Morgan fingerprint density at radius 1 is 1.24 bits per heavy atom. The van der Waals surface area contributed by atoms with Crippen LogP contribution in [-0.4, -0.2) is 12.7 Å². The molecule has 1 aromatic rings. The molecule has 1 fully saturated rings. The second-order valence-corrected chi connectivity index (χ2v) is 5.58. The Kier molecular flexibility index (Phi) is 5.20. The van der Waals surface area contributed by atoms with Gasteiger partial charge in [-0.05, 0) is 25.7 Å². The second-order valence-electron chi connectivity index (χ2n) is 5.58. The minimum absolute atomic E-state index is 0.150. The highest BCUT2D eigenvalue weighted by Gasteiger charge is 2.21. The Morgan fingerprint density at radius 3 is 2.52 bits per heavy atom. The molecular formula is C15H21F3N2O. The fourth-order valence-corrected chi connectivity index (χ4v) is 2.88. The van der Waals surface area contributed by atoms with Gasteiger partial charge in [0, 0.05) is 18.2 Å². The third-order valence-corrected chi connectivity index (χ3v) is 4.06. The molecule has 1 unspecified atom stereocenters. The van der Waals surface area contributed by atoms with Crippen LogP contribution in [0, 0.1) is 11.7 Å². The van der Waals surface area contributed by atoms with Crippen molar-refractivity contribution in [2.75, 3.05) is 11.1 Å². The van der Waals surface area contributed by atoms with E-state index < -0.39 is 18.2 Å². The average molecular weight is 302 g/mol. The Labute approximate surface area is 122 Å². The molecule has 21 heavy (non-hydrogen) atoms. The van der Waals surface area contributed by atoms with Crippen molar-refractivity contribution in [2.45, 2.75) is 51.7 Å². The predicted octanol–water partition coefficient (Wildman–Crippen LogP) is 4.39. The van der Waals surface area contributed by atoms with Crippen molar-refractivity contribution in [1.29, 1.82) is 0 Å². The number of halogens is 3. The van der Waals surface area contributed by atoms with Crippen molar-refractivity contribution >= 4 is 11.4 Å². The van der Waals surface area contributed by atoms with Gasteiger partial charge < -0.3 is 15.8 Å². The van der Waals surface area contributed by atoms with Gasteiger partial charge in [-0.1, -0.05) is 19.3 Å². The zero-order valence-electron chi connectivity index (χ0n) is 12.0. The molecule has 3 N–H and O–H groups in total. The molecule has 0 heterocycles. The van der Waals surface area contributed by atoms with E-state index in [1.54, 1.807) is 0 Å². The summed E-state index contributed by atoms with van der Waals surface area (Å²) in [5.41, 5.74) is 6.38. The van der Waals surface area contributed by atoms with E-state index in [1.165, 1.54) is 25.3 Å². The van der Waals surface area contributed by atoms with Crippen LogP contribution in [0.1, 0.15) is 39.0 Å². The zero-order valence-corrected chi connectivity index (χ0v) is 12.0. The fourth-order valence-electron chi connectivity index (χ4n) is 2.88. The lowest BCUT2D eigenvalue weighted by atomic mass is 9.84. The first-order valence-electron chi connectivity index (χ1n) is 7.27. The summed E-state index contributed by atoms with van der Waals surface area (Å²) in [6.45, 7) is -1.03. The van der Waals surface area contributed by atoms with E-state index in [0.717, 1.165) is 18.9 Å². The van der Waals surface area contributed by atoms with Crippen molar-refractivity contribution in [3.05, 3.63) is 17.9 Å². The summed E-state index contributed by atoms with van der Waals surface area (Å²) >= 11 is 0. The summed E-state index contributed by atoms with van der Waals surface area (Å²) in [6.07, 6.45) is 5.93. The highest BCUT2D eigenvalue weighted by atomic mass is 19.3. The highest BCUT2D eigenvalue weighted by Crippen LogP contribution is 2.33. The molecule has 3 nitrogen and oxygen atoms in total. The van der Waals surface area contributed by atoms with Gasteiger partial charge in [-0.25, -0.2) is 4.39 Å². The normalized spacial score (nSPS) is 17.8. The highest BCUT2D eigenvalue weighted by molar-refractivity contribution is 5.69. The van der Waals surface area contributed by atoms with Crippen LogP contribution < -0.4 is 15.8 Å². The van der Waals surface area contributed by atoms with Crippen LogP contribution in [0.5, 0.6) is 5.75 Å². The fraction of sp³-hybridized carbons (Fsp3) is 0.600. The summed E-state index contributed by atoms with van der Waals surface area (Å²) in [4.78, 5) is 0. The number of anilines is 2. The number of ether oxygens (including phenoxy) is 1. The van der Waals surface area contributed by atoms with Crippen molar-refractivity contribution in [2.24, 2.45) is 5.92 Å². The molecule has 2 rings (SSSR count). The maximum Gasteiger partial charge on any atom is 0.387 e. The zero-order chi connectivity index (χ0) is 15.4. The van der Waals surface area contributed by atoms with Crippen LogP contribution in [0.4, 0.5) is 24.5 Å². The van der Waals surface area contributed by atoms with Gasteiger partial charge in [-0.3, -0.25) is 0 Å². The van der Waals surface area contributed by atoms with Gasteiger partial charge >= 0.3 is 6.61 Å². The van der Waals surface area contributed by atoms with Crippen molar-refractivity contribution < 1.29 is 17.9 Å². The molecule has 6 heteroatoms. The standard InChI is InChI=1S/C15H21F3N2O/c1-9(10-5-3-2-4-6-10)20-13-8-14(21-15(17)18)11(16)7-12(13)19/h7-10,15,20H,2-6,19H2,1H3. The Bertz CT molecular complexity index is 476. The van der Waals surface area contributed by atoms with Crippen LogP contribution >= 0.6 is 0 Å². The molecule has 0 spiro atoms. The maximum absolute atomic E-state index is 13.5. The van der Waals surface area contributed by atoms with Gasteiger partial charge in [-0.15, -0.1) is 0 Å². The summed E-state index contributed by atoms with van der Waals surface area (Å²) < 4.78 is 42.2. The number of nitrogen functional groups attached to an aromatic ring is 1. The number of rotatable bonds is 5. The molecule has 118 valence electrons. The lowest BCUT2D eigenvalue weighted by molar-refractivity contribution is -0.0521. The minimum Gasteiger partial charge on any atom is -0.432 e. The van der Waals surface area contributed by atoms with Crippen LogP contribution in [0.3, 0.4) is 0 Å². The van der Waals surface area contributed by atoms with Crippen LogP contribution in [0.2, 0.25) is 0 Å². The monoisotopic (exact) mass is 302 g/mol. The predicted molar refractivity (Wildman–Crippen MR) is 77.1 cm³/mol. The van der Waals surface area contributed by atoms with Crippen LogP contribution in [0.15, 0.2) is 12.1 Å². The SMILES string of the molecule is CC(Nc1cc(OC(F)F)c(F)cc1N)C1CCCCC1. The molecule has 0 aliphatic heterocycles. The summed E-state index contributed by atoms with van der Waals surface area (Å²) in [6, 6.07) is 2.36. The summed E-state index contributed by atoms with van der Waals surface area (Å²) in [7, 11) is 0. The topological polar surface area (TPSA) is 47.3 Å². The molecule has 1 atom stereocenters. The molecule has 1 aliphatic carbocycles. The van der Waals surface area contributed by atoms with E-state index >= 15 is 0 Å². The molecule has 0 bridgehead atoms. The molecule has 0 saturated heterocycles. The first kappa shape index (κ1) is 15.8. The lowest BCUT2D eigenvalue weighted by Crippen LogP contribution is -2.28. The van der Waals surface area contributed by atoms with Gasteiger partial charge in [-0.2, -0.15) is 8.78 Å². The Hall–Kier alpha value is -1.59. The largest absolute Gasteiger partial charge is 0.432 e. The van der Waals surface area contributed by atoms with Gasteiger partial charge in [0.05, 0.1) is 11.4 Å². The van der Waals surface area contributed by atoms with Crippen molar-refractivity contribution in [1.82, 2.24) is 0 Å². The Morgan fingerprint density at radius 2 is 1.90 bits per heavy atom. The van der Waals surface area contributed by atoms with E-state index in [-0.39, 0.29) is 11.7 Å². The van der Waals surface area contributed by atoms with E-state index in [4.69, 9.17) is 5.73 Å². The van der Waals surface area contributed by atoms with E-state index in [9.17, 15) is 13.2 Å². The minimum atomic E-state index is -3.06. The second kappa shape index (κ2) is 6.91. The van der Waals surface area contributed by atoms with Gasteiger partial charge in [0.25, 0.3) is 0 Å². The number of hydrogen-bond donors (Lipinski definition) is 2. The van der Waals surface area contributed by atoms with Crippen molar-refractivity contribution in [3.8, 4) is 5.75 Å².